The molecule has 1 atom stereocenters. The summed E-state index contributed by atoms with van der Waals surface area (Å²) in [6, 6.07) is 0.340. The fourth-order valence-corrected chi connectivity index (χ4v) is 3.75. The van der Waals surface area contributed by atoms with E-state index in [4.69, 9.17) is 4.74 Å². The van der Waals surface area contributed by atoms with Crippen LogP contribution in [0, 0.1) is 5.82 Å². The lowest BCUT2D eigenvalue weighted by Crippen LogP contribution is -2.51. The van der Waals surface area contributed by atoms with Crippen LogP contribution < -0.4 is 25.4 Å². The van der Waals surface area contributed by atoms with Crippen LogP contribution in [-0.2, 0) is 17.1 Å². The lowest BCUT2D eigenvalue weighted by Gasteiger charge is -2.34. The van der Waals surface area contributed by atoms with Gasteiger partial charge < -0.3 is 19.9 Å². The summed E-state index contributed by atoms with van der Waals surface area (Å²) in [7, 11) is 0. The summed E-state index contributed by atoms with van der Waals surface area (Å²) in [6.07, 6.45) is -6.46. The Labute approximate surface area is 220 Å². The van der Waals surface area contributed by atoms with Crippen LogP contribution in [0.25, 0.3) is 0 Å². The number of aromatic amines is 1. The summed E-state index contributed by atoms with van der Waals surface area (Å²) in [5, 5.41) is 7.49. The molecule has 0 bridgehead atoms. The molecule has 18 heteroatoms. The van der Waals surface area contributed by atoms with E-state index in [1.165, 1.54) is 17.9 Å². The Hall–Kier alpha value is -4.51. The molecule has 4 heterocycles. The van der Waals surface area contributed by atoms with Gasteiger partial charge in [-0.3, -0.25) is 9.59 Å². The summed E-state index contributed by atoms with van der Waals surface area (Å²) >= 11 is 0. The van der Waals surface area contributed by atoms with Gasteiger partial charge in [-0.05, 0) is 13.0 Å². The smallest absolute Gasteiger partial charge is 0.423 e. The molecule has 2 N–H and O–H groups in total. The SMILES string of the molecule is C[C@@H](COc1nccc(N2CCN(c3ncc(C(F)(F)F)cn3)CC2=O)c1F)Nc1cn[nH]c(=O)c1C(F)(F)F. The predicted octanol–water partition coefficient (Wildman–Crippen LogP) is 2.86. The fraction of sp³-hybridized carbons (Fsp3) is 0.364. The minimum atomic E-state index is -4.96. The van der Waals surface area contributed by atoms with Crippen molar-refractivity contribution in [1.29, 1.82) is 0 Å². The van der Waals surface area contributed by atoms with Crippen molar-refractivity contribution in [2.24, 2.45) is 0 Å². The van der Waals surface area contributed by atoms with Gasteiger partial charge in [-0.25, -0.2) is 20.1 Å². The third kappa shape index (κ3) is 6.20. The fourth-order valence-electron chi connectivity index (χ4n) is 3.75. The number of ether oxygens (including phenoxy) is 1. The number of amides is 1. The Morgan fingerprint density at radius 2 is 1.75 bits per heavy atom. The maximum Gasteiger partial charge on any atom is 0.423 e. The Balaban J connectivity index is 1.41. The highest BCUT2D eigenvalue weighted by atomic mass is 19.4. The molecule has 3 aromatic rings. The second-order valence-electron chi connectivity index (χ2n) is 8.53. The highest BCUT2D eigenvalue weighted by Gasteiger charge is 2.38. The first-order chi connectivity index (χ1) is 18.8. The average Bonchev–Trinajstić information content (AvgIpc) is 2.87. The number of nitrogens with zero attached hydrogens (tertiary/aromatic N) is 6. The Kier molecular flexibility index (Phi) is 7.79. The molecule has 1 aliphatic heterocycles. The number of halogens is 7. The van der Waals surface area contributed by atoms with Gasteiger partial charge in [0.25, 0.3) is 11.4 Å². The Bertz CT molecular complexity index is 1430. The minimum Gasteiger partial charge on any atom is -0.473 e. The van der Waals surface area contributed by atoms with E-state index in [-0.39, 0.29) is 37.9 Å². The van der Waals surface area contributed by atoms with E-state index in [1.807, 2.05) is 0 Å². The molecule has 1 aliphatic rings. The van der Waals surface area contributed by atoms with Crippen LogP contribution in [-0.4, -0.2) is 63.3 Å². The van der Waals surface area contributed by atoms with Crippen molar-refractivity contribution in [3.63, 3.8) is 0 Å². The van der Waals surface area contributed by atoms with Gasteiger partial charge in [-0.15, -0.1) is 0 Å². The number of piperazine rings is 1. The zero-order chi connectivity index (χ0) is 29.2. The second kappa shape index (κ2) is 10.9. The molecule has 1 fully saturated rings. The summed E-state index contributed by atoms with van der Waals surface area (Å²) in [6.45, 7) is 0.675. The highest BCUT2D eigenvalue weighted by Crippen LogP contribution is 2.32. The topological polar surface area (TPSA) is 129 Å². The van der Waals surface area contributed by atoms with Crippen LogP contribution in [0.1, 0.15) is 18.1 Å². The van der Waals surface area contributed by atoms with Crippen molar-refractivity contribution in [2.45, 2.75) is 25.3 Å². The van der Waals surface area contributed by atoms with Gasteiger partial charge in [0.15, 0.2) is 0 Å². The van der Waals surface area contributed by atoms with Gasteiger partial charge in [0, 0.05) is 31.7 Å². The van der Waals surface area contributed by atoms with Gasteiger partial charge in [0.05, 0.1) is 29.2 Å². The largest absolute Gasteiger partial charge is 0.473 e. The number of carbonyl (C=O) groups excluding carboxylic acids is 1. The van der Waals surface area contributed by atoms with Crippen LogP contribution in [0.3, 0.4) is 0 Å². The third-order valence-corrected chi connectivity index (χ3v) is 5.61. The maximum atomic E-state index is 15.2. The summed E-state index contributed by atoms with van der Waals surface area (Å²) < 4.78 is 98.5. The molecule has 11 nitrogen and oxygen atoms in total. The van der Waals surface area contributed by atoms with Crippen LogP contribution in [0.2, 0.25) is 0 Å². The molecule has 0 aliphatic carbocycles. The van der Waals surface area contributed by atoms with Crippen molar-refractivity contribution in [1.82, 2.24) is 25.1 Å². The molecule has 0 saturated carbocycles. The number of anilines is 3. The molecule has 1 amide bonds. The molecule has 1 saturated heterocycles. The molecule has 40 heavy (non-hydrogen) atoms. The lowest BCUT2D eigenvalue weighted by molar-refractivity contribution is -0.139. The highest BCUT2D eigenvalue weighted by molar-refractivity contribution is 5.97. The number of hydrogen-bond donors (Lipinski definition) is 2. The number of nitrogens with one attached hydrogen (secondary N) is 2. The molecular weight excluding hydrogens is 557 g/mol. The minimum absolute atomic E-state index is 0.0712. The van der Waals surface area contributed by atoms with Crippen LogP contribution in [0.4, 0.5) is 48.1 Å². The predicted molar refractivity (Wildman–Crippen MR) is 124 cm³/mol. The summed E-state index contributed by atoms with van der Waals surface area (Å²) in [4.78, 5) is 37.9. The zero-order valence-electron chi connectivity index (χ0n) is 20.3. The maximum absolute atomic E-state index is 15.2. The Morgan fingerprint density at radius 3 is 2.38 bits per heavy atom. The van der Waals surface area contributed by atoms with E-state index in [0.29, 0.717) is 12.4 Å². The second-order valence-corrected chi connectivity index (χ2v) is 8.53. The van der Waals surface area contributed by atoms with E-state index >= 15 is 4.39 Å². The molecule has 0 aromatic carbocycles. The number of rotatable bonds is 7. The van der Waals surface area contributed by atoms with Gasteiger partial charge in [0.2, 0.25) is 17.7 Å². The van der Waals surface area contributed by atoms with E-state index in [9.17, 15) is 35.9 Å². The third-order valence-electron chi connectivity index (χ3n) is 5.61. The number of alkyl halides is 6. The van der Waals surface area contributed by atoms with E-state index < -0.39 is 58.4 Å². The first-order valence-corrected chi connectivity index (χ1v) is 11.4. The molecule has 3 aromatic heterocycles. The van der Waals surface area contributed by atoms with Crippen LogP contribution >= 0.6 is 0 Å². The quantitative estimate of drug-likeness (QED) is 0.408. The van der Waals surface area contributed by atoms with Gasteiger partial charge >= 0.3 is 12.4 Å². The van der Waals surface area contributed by atoms with Gasteiger partial charge in [-0.2, -0.15) is 35.8 Å². The van der Waals surface area contributed by atoms with Gasteiger partial charge in [0.1, 0.15) is 18.7 Å². The zero-order valence-corrected chi connectivity index (χ0v) is 20.3. The van der Waals surface area contributed by atoms with E-state index in [0.717, 1.165) is 17.3 Å². The summed E-state index contributed by atoms with van der Waals surface area (Å²) in [5.41, 5.74) is -4.77. The molecule has 214 valence electrons. The van der Waals surface area contributed by atoms with Crippen molar-refractivity contribution in [3.8, 4) is 5.88 Å². The monoisotopic (exact) mass is 576 g/mol. The number of H-pyrrole nitrogens is 1. The lowest BCUT2D eigenvalue weighted by atomic mass is 10.2. The molecule has 0 spiro atoms. The number of carbonyl (C=O) groups is 1. The van der Waals surface area contributed by atoms with Crippen LogP contribution in [0.15, 0.2) is 35.6 Å². The van der Waals surface area contributed by atoms with Gasteiger partial charge in [-0.1, -0.05) is 0 Å². The van der Waals surface area contributed by atoms with Crippen LogP contribution in [0.5, 0.6) is 5.88 Å². The Morgan fingerprint density at radius 1 is 1.05 bits per heavy atom. The summed E-state index contributed by atoms with van der Waals surface area (Å²) in [5.74, 6) is -2.27. The molecular formula is C22H19F7N8O3. The van der Waals surface area contributed by atoms with Crippen molar-refractivity contribution >= 4 is 23.2 Å². The standard InChI is InChI=1S/C22H19F7N8O3/c1-11(34-13-8-33-35-18(39)16(13)22(27,28)29)10-40-19-17(23)14(2-3-30-19)37-5-4-36(9-15(37)38)20-31-6-12(7-32-20)21(24,25)26/h2-3,6-8,11H,4-5,9-10H2,1H3,(H2,34,35,39)/t11-/m0/s1. The molecule has 4 rings (SSSR count). The first kappa shape index (κ1) is 28.5. The normalized spacial score (nSPS) is 15.2. The number of aromatic nitrogens is 5. The van der Waals surface area contributed by atoms with E-state index in [2.05, 4.69) is 25.4 Å². The van der Waals surface area contributed by atoms with Crippen molar-refractivity contribution in [3.05, 3.63) is 58.2 Å². The number of pyridine rings is 1. The molecule has 0 radical (unpaired) electrons. The molecule has 0 unspecified atom stereocenters. The van der Waals surface area contributed by atoms with Crippen molar-refractivity contribution < 1.29 is 40.3 Å². The van der Waals surface area contributed by atoms with Crippen molar-refractivity contribution in [2.75, 3.05) is 41.4 Å². The first-order valence-electron chi connectivity index (χ1n) is 11.4. The van der Waals surface area contributed by atoms with E-state index in [1.54, 1.807) is 5.10 Å². The number of hydrogen-bond acceptors (Lipinski definition) is 9. The average molecular weight is 576 g/mol.